The van der Waals surface area contributed by atoms with Gasteiger partial charge in [-0.15, -0.1) is 0 Å². The van der Waals surface area contributed by atoms with Crippen molar-refractivity contribution in [2.45, 2.75) is 56.9 Å². The number of fused-ring (bicyclic) bond motifs is 2. The zero-order valence-electron chi connectivity index (χ0n) is 23.8. The van der Waals surface area contributed by atoms with Crippen LogP contribution >= 0.6 is 11.6 Å². The van der Waals surface area contributed by atoms with Crippen LogP contribution in [0.1, 0.15) is 65.1 Å². The Morgan fingerprint density at radius 3 is 2.72 bits per heavy atom. The van der Waals surface area contributed by atoms with E-state index >= 15 is 0 Å². The second kappa shape index (κ2) is 11.0. The number of carbonyl (C=O) groups is 1. The minimum atomic E-state index is -1.05. The molecular formula is C33H32ClFN4O4. The van der Waals surface area contributed by atoms with Gasteiger partial charge >= 0.3 is 5.97 Å². The molecule has 0 aliphatic carbocycles. The van der Waals surface area contributed by atoms with Gasteiger partial charge in [0.25, 0.3) is 0 Å². The van der Waals surface area contributed by atoms with Crippen molar-refractivity contribution in [3.8, 4) is 5.75 Å². The maximum absolute atomic E-state index is 14.9. The molecule has 4 aromatic rings. The molecule has 7 rings (SSSR count). The lowest BCUT2D eigenvalue weighted by Gasteiger charge is -2.36. The molecule has 0 saturated carbocycles. The van der Waals surface area contributed by atoms with Gasteiger partial charge in [0.2, 0.25) is 0 Å². The molecule has 5 heterocycles. The van der Waals surface area contributed by atoms with Crippen LogP contribution in [0.4, 0.5) is 4.39 Å². The standard InChI is InChI=1S/C33H32ClFN4O4/c1-33(31-26(35)16-23(34)17-36-31)11-7-21-3-2-4-25(30(21)43-33)20-8-12-38(13-9-20)19-29-37-27-6-5-22(32(40)41)15-28(27)39(29)18-24-10-14-42-24/h2-7,11,15-17,20,24H,8-10,12-14,18-19H2,1H3,(H,40,41). The Bertz CT molecular complexity index is 1740. The largest absolute Gasteiger partial charge is 0.478 e. The van der Waals surface area contributed by atoms with Crippen molar-refractivity contribution in [2.75, 3.05) is 19.7 Å². The normalized spacial score (nSPS) is 22.3. The average molecular weight is 603 g/mol. The Balaban J connectivity index is 1.09. The summed E-state index contributed by atoms with van der Waals surface area (Å²) in [6.07, 6.45) is 8.25. The van der Waals surface area contributed by atoms with Crippen LogP contribution in [0.25, 0.3) is 17.1 Å². The summed E-state index contributed by atoms with van der Waals surface area (Å²) >= 11 is 5.95. The minimum absolute atomic E-state index is 0.121. The van der Waals surface area contributed by atoms with Crippen LogP contribution in [0, 0.1) is 5.82 Å². The van der Waals surface area contributed by atoms with Gasteiger partial charge in [-0.25, -0.2) is 14.2 Å². The summed E-state index contributed by atoms with van der Waals surface area (Å²) in [4.78, 5) is 23.2. The smallest absolute Gasteiger partial charge is 0.335 e. The Labute approximate surface area is 253 Å². The van der Waals surface area contributed by atoms with Crippen molar-refractivity contribution >= 4 is 34.7 Å². The second-order valence-corrected chi connectivity index (χ2v) is 12.2. The van der Waals surface area contributed by atoms with Crippen molar-refractivity contribution in [1.82, 2.24) is 19.4 Å². The zero-order chi connectivity index (χ0) is 29.7. The predicted molar refractivity (Wildman–Crippen MR) is 161 cm³/mol. The maximum atomic E-state index is 14.9. The third-order valence-corrected chi connectivity index (χ3v) is 9.10. The third kappa shape index (κ3) is 5.30. The monoisotopic (exact) mass is 602 g/mol. The highest BCUT2D eigenvalue weighted by Gasteiger charge is 2.36. The summed E-state index contributed by atoms with van der Waals surface area (Å²) < 4.78 is 29.3. The molecule has 2 atom stereocenters. The molecule has 43 heavy (non-hydrogen) atoms. The Hall–Kier alpha value is -3.79. The molecule has 8 nitrogen and oxygen atoms in total. The number of halogens is 2. The van der Waals surface area contributed by atoms with E-state index in [1.54, 1.807) is 18.2 Å². The maximum Gasteiger partial charge on any atom is 0.335 e. The van der Waals surface area contributed by atoms with Crippen LogP contribution in [0.5, 0.6) is 5.75 Å². The topological polar surface area (TPSA) is 89.7 Å². The molecule has 2 saturated heterocycles. The molecule has 3 aliphatic rings. The summed E-state index contributed by atoms with van der Waals surface area (Å²) in [7, 11) is 0. The first-order valence-electron chi connectivity index (χ1n) is 14.7. The van der Waals surface area contributed by atoms with Gasteiger partial charge in [0.05, 0.1) is 40.8 Å². The summed E-state index contributed by atoms with van der Waals surface area (Å²) in [5.74, 6) is 0.535. The highest BCUT2D eigenvalue weighted by Crippen LogP contribution is 2.44. The van der Waals surface area contributed by atoms with E-state index in [0.29, 0.717) is 13.1 Å². The van der Waals surface area contributed by atoms with Crippen LogP contribution in [0.3, 0.4) is 0 Å². The van der Waals surface area contributed by atoms with Gasteiger partial charge in [0.15, 0.2) is 11.4 Å². The molecule has 0 amide bonds. The van der Waals surface area contributed by atoms with Crippen LogP contribution in [-0.2, 0) is 23.4 Å². The molecule has 2 unspecified atom stereocenters. The molecule has 0 bridgehead atoms. The van der Waals surface area contributed by atoms with E-state index in [4.69, 9.17) is 26.1 Å². The predicted octanol–water partition coefficient (Wildman–Crippen LogP) is 6.41. The fraction of sp³-hybridized carbons (Fsp3) is 0.364. The summed E-state index contributed by atoms with van der Waals surface area (Å²) in [6.45, 7) is 5.66. The van der Waals surface area contributed by atoms with Gasteiger partial charge < -0.3 is 19.1 Å². The molecule has 2 fully saturated rings. The van der Waals surface area contributed by atoms with Crippen LogP contribution in [-0.4, -0.2) is 56.3 Å². The SMILES string of the molecule is CC1(c2ncc(Cl)cc2F)C=Cc2cccc(C3CCN(Cc4nc5ccc(C(=O)O)cc5n4CC4CCO4)CC3)c2O1. The lowest BCUT2D eigenvalue weighted by Crippen LogP contribution is -2.36. The number of carboxylic acid groups (broad SMARTS) is 1. The third-order valence-electron chi connectivity index (χ3n) is 8.90. The van der Waals surface area contributed by atoms with Gasteiger partial charge in [0.1, 0.15) is 17.3 Å². The molecule has 0 radical (unpaired) electrons. The molecule has 222 valence electrons. The molecule has 0 spiro atoms. The first-order chi connectivity index (χ1) is 20.8. The van der Waals surface area contributed by atoms with E-state index in [1.165, 1.54) is 12.3 Å². The number of likely N-dealkylation sites (tertiary alicyclic amines) is 1. The molecule has 10 heteroatoms. The summed E-state index contributed by atoms with van der Waals surface area (Å²) in [5.41, 5.74) is 3.12. The number of aromatic nitrogens is 3. The van der Waals surface area contributed by atoms with Gasteiger partial charge in [0, 0.05) is 18.4 Å². The van der Waals surface area contributed by atoms with E-state index in [2.05, 4.69) is 20.5 Å². The van der Waals surface area contributed by atoms with E-state index in [0.717, 1.165) is 72.7 Å². The fourth-order valence-corrected chi connectivity index (χ4v) is 6.55. The minimum Gasteiger partial charge on any atom is -0.478 e. The Kier molecular flexibility index (Phi) is 7.19. The van der Waals surface area contributed by atoms with Crippen molar-refractivity contribution in [3.63, 3.8) is 0 Å². The molecule has 1 N–H and O–H groups in total. The van der Waals surface area contributed by atoms with Gasteiger partial charge in [-0.05, 0) is 81.1 Å². The molecule has 2 aromatic heterocycles. The quantitative estimate of drug-likeness (QED) is 0.261. The van der Waals surface area contributed by atoms with Gasteiger partial charge in [-0.1, -0.05) is 35.9 Å². The Morgan fingerprint density at radius 1 is 1.19 bits per heavy atom. The van der Waals surface area contributed by atoms with Crippen LogP contribution < -0.4 is 4.74 Å². The number of para-hydroxylation sites is 1. The lowest BCUT2D eigenvalue weighted by atomic mass is 9.86. The van der Waals surface area contributed by atoms with Crippen LogP contribution in [0.15, 0.2) is 54.7 Å². The first kappa shape index (κ1) is 28.0. The van der Waals surface area contributed by atoms with Crippen molar-refractivity contribution < 1.29 is 23.8 Å². The number of hydrogen-bond donors (Lipinski definition) is 1. The van der Waals surface area contributed by atoms with E-state index in [1.807, 2.05) is 31.2 Å². The summed E-state index contributed by atoms with van der Waals surface area (Å²) in [5, 5.41) is 9.79. The average Bonchev–Trinajstić information content (AvgIpc) is 3.30. The highest BCUT2D eigenvalue weighted by molar-refractivity contribution is 6.30. The molecular weight excluding hydrogens is 571 g/mol. The number of pyridine rings is 1. The number of ether oxygens (including phenoxy) is 2. The van der Waals surface area contributed by atoms with Gasteiger partial charge in [-0.2, -0.15) is 0 Å². The number of benzene rings is 2. The molecule has 3 aliphatic heterocycles. The first-order valence-corrected chi connectivity index (χ1v) is 15.0. The number of aromatic carboxylic acids is 1. The van der Waals surface area contributed by atoms with Gasteiger partial charge in [-0.3, -0.25) is 9.88 Å². The number of carboxylic acids is 1. The number of nitrogens with zero attached hydrogens (tertiary/aromatic N) is 4. The zero-order valence-corrected chi connectivity index (χ0v) is 24.6. The lowest BCUT2D eigenvalue weighted by molar-refractivity contribution is -0.0592. The van der Waals surface area contributed by atoms with E-state index in [-0.39, 0.29) is 28.3 Å². The number of rotatable bonds is 7. The summed E-state index contributed by atoms with van der Waals surface area (Å²) in [6, 6.07) is 12.6. The van der Waals surface area contributed by atoms with Crippen molar-refractivity contribution in [1.29, 1.82) is 0 Å². The van der Waals surface area contributed by atoms with Crippen molar-refractivity contribution in [3.05, 3.63) is 93.8 Å². The van der Waals surface area contributed by atoms with Crippen molar-refractivity contribution in [2.24, 2.45) is 0 Å². The number of imidazole rings is 1. The fourth-order valence-electron chi connectivity index (χ4n) is 6.41. The Morgan fingerprint density at radius 2 is 2.00 bits per heavy atom. The van der Waals surface area contributed by atoms with E-state index < -0.39 is 17.4 Å². The second-order valence-electron chi connectivity index (χ2n) is 11.8. The van der Waals surface area contributed by atoms with Crippen LogP contribution in [0.2, 0.25) is 5.02 Å². The highest BCUT2D eigenvalue weighted by atomic mass is 35.5. The van der Waals surface area contributed by atoms with E-state index in [9.17, 15) is 14.3 Å². The molecule has 2 aromatic carbocycles. The number of piperidine rings is 1. The number of hydrogen-bond acceptors (Lipinski definition) is 6.